The molecule has 0 saturated carbocycles. The van der Waals surface area contributed by atoms with Crippen molar-refractivity contribution in [2.75, 3.05) is 26.8 Å². The van der Waals surface area contributed by atoms with Gasteiger partial charge in [0.1, 0.15) is 11.6 Å². The Morgan fingerprint density at radius 1 is 1.00 bits per heavy atom. The number of rotatable bonds is 8. The van der Waals surface area contributed by atoms with Gasteiger partial charge in [-0.15, -0.1) is 0 Å². The van der Waals surface area contributed by atoms with Gasteiger partial charge in [-0.1, -0.05) is 30.3 Å². The Balaban J connectivity index is 1.62. The van der Waals surface area contributed by atoms with Crippen molar-refractivity contribution in [1.29, 1.82) is 0 Å². The zero-order valence-electron chi connectivity index (χ0n) is 18.6. The van der Waals surface area contributed by atoms with E-state index < -0.39 is 12.1 Å². The summed E-state index contributed by atoms with van der Waals surface area (Å²) in [5, 5.41) is 0. The van der Waals surface area contributed by atoms with Crippen LogP contribution in [-0.4, -0.2) is 49.7 Å². The van der Waals surface area contributed by atoms with Crippen LogP contribution in [0.1, 0.15) is 37.2 Å². The van der Waals surface area contributed by atoms with Crippen LogP contribution in [0, 0.1) is 11.7 Å². The Hall–Kier alpha value is -3.42. The second kappa shape index (κ2) is 12.0. The molecule has 2 atom stereocenters. The molecule has 2 aromatic carbocycles. The van der Waals surface area contributed by atoms with Crippen LogP contribution < -0.4 is 4.74 Å². The first-order valence-corrected chi connectivity index (χ1v) is 11.0. The number of halogens is 1. The lowest BCUT2D eigenvalue weighted by atomic mass is 9.81. The van der Waals surface area contributed by atoms with Gasteiger partial charge in [0.15, 0.2) is 0 Å². The van der Waals surface area contributed by atoms with Crippen LogP contribution in [0.25, 0.3) is 0 Å². The molecule has 1 aliphatic rings. The average molecular weight is 457 g/mol. The highest BCUT2D eigenvalue weighted by Crippen LogP contribution is 2.34. The summed E-state index contributed by atoms with van der Waals surface area (Å²) in [6, 6.07) is 15.1. The maximum Gasteiger partial charge on any atom is 0.415 e. The van der Waals surface area contributed by atoms with Crippen molar-refractivity contribution in [2.24, 2.45) is 5.92 Å². The largest absolute Gasteiger partial charge is 0.469 e. The van der Waals surface area contributed by atoms with Crippen LogP contribution >= 0.6 is 0 Å². The fourth-order valence-electron chi connectivity index (χ4n) is 3.92. The van der Waals surface area contributed by atoms with Crippen molar-refractivity contribution in [3.63, 3.8) is 0 Å². The lowest BCUT2D eigenvalue weighted by Crippen LogP contribution is -2.45. The first-order chi connectivity index (χ1) is 16.0. The molecule has 1 aliphatic heterocycles. The molecule has 0 aromatic heterocycles. The number of methoxy groups -OCH3 is 1. The van der Waals surface area contributed by atoms with Gasteiger partial charge in [-0.2, -0.15) is 0 Å². The number of carbonyl (C=O) groups excluding carboxylic acids is 3. The van der Waals surface area contributed by atoms with Crippen molar-refractivity contribution in [3.05, 3.63) is 66.0 Å². The van der Waals surface area contributed by atoms with Gasteiger partial charge in [-0.05, 0) is 48.6 Å². The van der Waals surface area contributed by atoms with E-state index in [1.54, 1.807) is 41.3 Å². The highest BCUT2D eigenvalue weighted by molar-refractivity contribution is 5.72. The first kappa shape index (κ1) is 24.2. The van der Waals surface area contributed by atoms with Gasteiger partial charge in [0.25, 0.3) is 0 Å². The predicted octanol–water partition coefficient (Wildman–Crippen LogP) is 4.32. The number of esters is 2. The van der Waals surface area contributed by atoms with E-state index in [9.17, 15) is 18.8 Å². The molecule has 2 aromatic rings. The lowest BCUT2D eigenvalue weighted by molar-refractivity contribution is -0.146. The molecule has 1 fully saturated rings. The van der Waals surface area contributed by atoms with E-state index in [1.165, 1.54) is 19.2 Å². The first-order valence-electron chi connectivity index (χ1n) is 11.0. The third-order valence-corrected chi connectivity index (χ3v) is 5.69. The zero-order valence-corrected chi connectivity index (χ0v) is 18.6. The highest BCUT2D eigenvalue weighted by atomic mass is 19.1. The Labute approximate surface area is 192 Å². The van der Waals surface area contributed by atoms with E-state index in [0.29, 0.717) is 31.7 Å². The number of benzene rings is 2. The number of amides is 1. The van der Waals surface area contributed by atoms with Crippen LogP contribution in [-0.2, 0) is 19.1 Å². The lowest BCUT2D eigenvalue weighted by Gasteiger charge is -2.38. The number of carbonyl (C=O) groups is 3. The summed E-state index contributed by atoms with van der Waals surface area (Å²) < 4.78 is 28.9. The topological polar surface area (TPSA) is 82.1 Å². The van der Waals surface area contributed by atoms with E-state index in [1.807, 2.05) is 6.07 Å². The van der Waals surface area contributed by atoms with E-state index in [4.69, 9.17) is 9.47 Å². The molecule has 0 bridgehead atoms. The molecule has 3 rings (SSSR count). The minimum atomic E-state index is -0.465. The summed E-state index contributed by atoms with van der Waals surface area (Å²) in [6.07, 6.45) is 0.746. The van der Waals surface area contributed by atoms with Gasteiger partial charge in [-0.3, -0.25) is 9.59 Å². The molecule has 1 saturated heterocycles. The van der Waals surface area contributed by atoms with E-state index in [2.05, 4.69) is 4.74 Å². The zero-order chi connectivity index (χ0) is 23.6. The van der Waals surface area contributed by atoms with Crippen LogP contribution in [0.2, 0.25) is 0 Å². The smallest absolute Gasteiger partial charge is 0.415 e. The number of piperidine rings is 1. The molecule has 1 heterocycles. The van der Waals surface area contributed by atoms with Gasteiger partial charge in [0.05, 0.1) is 13.7 Å². The van der Waals surface area contributed by atoms with Crippen molar-refractivity contribution in [1.82, 2.24) is 4.90 Å². The minimum Gasteiger partial charge on any atom is -0.469 e. The third-order valence-electron chi connectivity index (χ3n) is 5.69. The summed E-state index contributed by atoms with van der Waals surface area (Å²) in [6.45, 7) is 0.911. The highest BCUT2D eigenvalue weighted by Gasteiger charge is 2.34. The van der Waals surface area contributed by atoms with E-state index in [-0.39, 0.29) is 43.1 Å². The molecule has 8 heteroatoms. The fourth-order valence-corrected chi connectivity index (χ4v) is 3.92. The maximum atomic E-state index is 13.4. The average Bonchev–Trinajstić information content (AvgIpc) is 2.83. The van der Waals surface area contributed by atoms with Gasteiger partial charge >= 0.3 is 18.0 Å². The Kier molecular flexibility index (Phi) is 8.80. The van der Waals surface area contributed by atoms with Crippen LogP contribution in [0.5, 0.6) is 5.75 Å². The Bertz CT molecular complexity index is 934. The summed E-state index contributed by atoms with van der Waals surface area (Å²) in [4.78, 5) is 37.6. The quantitative estimate of drug-likeness (QED) is 0.549. The summed E-state index contributed by atoms with van der Waals surface area (Å²) in [5.74, 6) is -0.848. The fraction of sp³-hybridized carbons (Fsp3) is 0.400. The summed E-state index contributed by atoms with van der Waals surface area (Å²) in [5.41, 5.74) is 0.930. The monoisotopic (exact) mass is 457 g/mol. The molecular formula is C25H28FNO6. The molecule has 176 valence electrons. The molecule has 7 nitrogen and oxygen atoms in total. The second-order valence-electron chi connectivity index (χ2n) is 7.95. The molecule has 33 heavy (non-hydrogen) atoms. The molecule has 0 N–H and O–H groups in total. The third kappa shape index (κ3) is 7.30. The molecule has 0 aliphatic carbocycles. The van der Waals surface area contributed by atoms with Gasteiger partial charge < -0.3 is 19.1 Å². The van der Waals surface area contributed by atoms with Gasteiger partial charge in [-0.25, -0.2) is 9.18 Å². The van der Waals surface area contributed by atoms with Crippen molar-refractivity contribution >= 4 is 18.0 Å². The van der Waals surface area contributed by atoms with Crippen LogP contribution in [0.3, 0.4) is 0 Å². The maximum absolute atomic E-state index is 13.4. The number of para-hydroxylation sites is 1. The summed E-state index contributed by atoms with van der Waals surface area (Å²) in [7, 11) is 1.30. The van der Waals surface area contributed by atoms with Gasteiger partial charge in [0.2, 0.25) is 0 Å². The van der Waals surface area contributed by atoms with Crippen molar-refractivity contribution in [3.8, 4) is 5.75 Å². The van der Waals surface area contributed by atoms with E-state index >= 15 is 0 Å². The number of ether oxygens (including phenoxy) is 3. The van der Waals surface area contributed by atoms with E-state index in [0.717, 1.165) is 5.56 Å². The summed E-state index contributed by atoms with van der Waals surface area (Å²) >= 11 is 0. The minimum absolute atomic E-state index is 0.00533. The van der Waals surface area contributed by atoms with Crippen molar-refractivity contribution < 1.29 is 33.0 Å². The predicted molar refractivity (Wildman–Crippen MR) is 118 cm³/mol. The Morgan fingerprint density at radius 2 is 1.70 bits per heavy atom. The number of likely N-dealkylation sites (tertiary alicyclic amines) is 1. The van der Waals surface area contributed by atoms with Crippen LogP contribution in [0.4, 0.5) is 9.18 Å². The normalized spacial score (nSPS) is 17.8. The number of hydrogen-bond acceptors (Lipinski definition) is 6. The Morgan fingerprint density at radius 3 is 2.39 bits per heavy atom. The second-order valence-corrected chi connectivity index (χ2v) is 7.95. The number of hydrogen-bond donors (Lipinski definition) is 0. The SMILES string of the molecule is COC(=O)CCCC(=O)OC[C@H]1CN(C(=O)Oc2ccccc2)CC[C@@H]1c1ccc(F)cc1. The molecular weight excluding hydrogens is 429 g/mol. The molecule has 1 amide bonds. The standard InChI is InChI=1S/C25H28FNO6/c1-31-23(28)8-5-9-24(29)32-17-19-16-27(25(30)33-21-6-3-2-4-7-21)15-14-22(19)18-10-12-20(26)13-11-18/h2-4,6-7,10-13,19,22H,5,8-9,14-17H2,1H3/t19-,22-/m1/s1. The van der Waals surface area contributed by atoms with Crippen molar-refractivity contribution in [2.45, 2.75) is 31.6 Å². The number of nitrogens with zero attached hydrogens (tertiary/aromatic N) is 1. The molecule has 0 spiro atoms. The molecule has 0 radical (unpaired) electrons. The van der Waals surface area contributed by atoms with Crippen LogP contribution in [0.15, 0.2) is 54.6 Å². The molecule has 0 unspecified atom stereocenters. The van der Waals surface area contributed by atoms with Gasteiger partial charge in [0, 0.05) is 31.8 Å².